The Labute approximate surface area is 82.0 Å². The first-order valence-electron chi connectivity index (χ1n) is 4.06. The van der Waals surface area contributed by atoms with Gasteiger partial charge in [0.2, 0.25) is 0 Å². The van der Waals surface area contributed by atoms with Crippen molar-refractivity contribution in [3.8, 4) is 11.8 Å². The van der Waals surface area contributed by atoms with E-state index in [1.165, 1.54) is 6.92 Å². The van der Waals surface area contributed by atoms with Crippen molar-refractivity contribution in [2.45, 2.75) is 12.5 Å². The van der Waals surface area contributed by atoms with Crippen LogP contribution in [0, 0.1) is 11.8 Å². The van der Waals surface area contributed by atoms with E-state index in [9.17, 15) is 9.90 Å². The van der Waals surface area contributed by atoms with Crippen LogP contribution in [-0.4, -0.2) is 16.2 Å². The Hall–Kier alpha value is -1.79. The summed E-state index contributed by atoms with van der Waals surface area (Å²) in [5.74, 6) is 2.93. The predicted molar refractivity (Wildman–Crippen MR) is 51.4 cm³/mol. The maximum absolute atomic E-state index is 10.2. The molecule has 0 aliphatic rings. The van der Waals surface area contributed by atoms with Crippen molar-refractivity contribution in [3.05, 3.63) is 35.9 Å². The highest BCUT2D eigenvalue weighted by atomic mass is 16.4. The molecule has 0 aromatic heterocycles. The van der Waals surface area contributed by atoms with Crippen LogP contribution in [-0.2, 0) is 10.4 Å². The average Bonchev–Trinajstić information content (AvgIpc) is 2.16. The van der Waals surface area contributed by atoms with E-state index < -0.39 is 11.6 Å². The molecule has 0 heterocycles. The minimum Gasteiger partial charge on any atom is -0.472 e. The molecule has 14 heavy (non-hydrogen) atoms. The van der Waals surface area contributed by atoms with E-state index in [4.69, 9.17) is 5.11 Å². The van der Waals surface area contributed by atoms with Crippen molar-refractivity contribution in [1.29, 1.82) is 0 Å². The van der Waals surface area contributed by atoms with Gasteiger partial charge in [0.25, 0.3) is 0 Å². The fourth-order valence-electron chi connectivity index (χ4n) is 1.01. The summed E-state index contributed by atoms with van der Waals surface area (Å²) in [6.45, 7) is 1.46. The summed E-state index contributed by atoms with van der Waals surface area (Å²) in [7, 11) is 0. The fraction of sp³-hybridized carbons (Fsp3) is 0.182. The van der Waals surface area contributed by atoms with Crippen molar-refractivity contribution >= 4 is 5.97 Å². The molecule has 1 unspecified atom stereocenters. The maximum atomic E-state index is 10.2. The predicted octanol–water partition coefficient (Wildman–Crippen LogP) is 0.982. The summed E-state index contributed by atoms with van der Waals surface area (Å²) in [5, 5.41) is 18.1. The Kier molecular flexibility index (Phi) is 2.90. The summed E-state index contributed by atoms with van der Waals surface area (Å²) in [5.41, 5.74) is -0.839. The Morgan fingerprint density at radius 1 is 1.36 bits per heavy atom. The lowest BCUT2D eigenvalue weighted by molar-refractivity contribution is -0.130. The van der Waals surface area contributed by atoms with Gasteiger partial charge in [-0.3, -0.25) is 0 Å². The van der Waals surface area contributed by atoms with E-state index in [1.54, 1.807) is 24.3 Å². The number of aliphatic hydroxyl groups is 1. The van der Waals surface area contributed by atoms with E-state index in [0.717, 1.165) is 0 Å². The fourth-order valence-corrected chi connectivity index (χ4v) is 1.01. The summed E-state index contributed by atoms with van der Waals surface area (Å²) >= 11 is 0. The van der Waals surface area contributed by atoms with Gasteiger partial charge in [-0.05, 0) is 12.5 Å². The normalized spacial score (nSPS) is 13.6. The molecule has 1 aromatic carbocycles. The number of aliphatic carboxylic acids is 1. The molecule has 0 radical (unpaired) electrons. The number of benzene rings is 1. The van der Waals surface area contributed by atoms with E-state index in [1.807, 2.05) is 12.0 Å². The average molecular weight is 190 g/mol. The number of carbonyl (C=O) groups is 1. The zero-order valence-electron chi connectivity index (χ0n) is 7.69. The number of carboxylic acid groups (broad SMARTS) is 1. The van der Waals surface area contributed by atoms with E-state index in [0.29, 0.717) is 5.56 Å². The summed E-state index contributed by atoms with van der Waals surface area (Å²) < 4.78 is 0. The zero-order valence-corrected chi connectivity index (χ0v) is 7.69. The van der Waals surface area contributed by atoms with Gasteiger partial charge in [-0.15, -0.1) is 0 Å². The zero-order chi connectivity index (χ0) is 10.6. The first kappa shape index (κ1) is 10.3. The van der Waals surface area contributed by atoms with Gasteiger partial charge in [-0.1, -0.05) is 36.3 Å². The van der Waals surface area contributed by atoms with Gasteiger partial charge in [-0.2, -0.15) is 0 Å². The quantitative estimate of drug-likeness (QED) is 0.649. The molecule has 1 atom stereocenters. The molecule has 0 bridgehead atoms. The molecule has 2 N–H and O–H groups in total. The van der Waals surface area contributed by atoms with Crippen LogP contribution in [0.2, 0.25) is 0 Å². The molecule has 3 heteroatoms. The van der Waals surface area contributed by atoms with Crippen LogP contribution in [0.4, 0.5) is 0 Å². The first-order chi connectivity index (χ1) is 6.52. The second-order valence-corrected chi connectivity index (χ2v) is 2.99. The molecule has 3 nitrogen and oxygen atoms in total. The van der Waals surface area contributed by atoms with E-state index in [2.05, 4.69) is 5.92 Å². The molecule has 0 saturated heterocycles. The van der Waals surface area contributed by atoms with Crippen molar-refractivity contribution in [3.63, 3.8) is 0 Å². The molecular formula is C11H10O3. The molecule has 0 saturated carbocycles. The lowest BCUT2D eigenvalue weighted by Gasteiger charge is -2.15. The van der Waals surface area contributed by atoms with Gasteiger partial charge < -0.3 is 10.2 Å². The Balaban J connectivity index is 2.99. The highest BCUT2D eigenvalue weighted by Crippen LogP contribution is 2.18. The third-order valence-electron chi connectivity index (χ3n) is 1.75. The highest BCUT2D eigenvalue weighted by molar-refractivity contribution is 5.86. The van der Waals surface area contributed by atoms with Gasteiger partial charge in [0, 0.05) is 5.92 Å². The minimum absolute atomic E-state index is 0.578. The smallest absolute Gasteiger partial charge is 0.382 e. The second-order valence-electron chi connectivity index (χ2n) is 2.99. The molecule has 0 aliphatic carbocycles. The van der Waals surface area contributed by atoms with Crippen LogP contribution < -0.4 is 0 Å². The van der Waals surface area contributed by atoms with Crippen molar-refractivity contribution in [2.24, 2.45) is 0 Å². The van der Waals surface area contributed by atoms with Crippen LogP contribution in [0.1, 0.15) is 12.5 Å². The van der Waals surface area contributed by atoms with Gasteiger partial charge >= 0.3 is 5.97 Å². The van der Waals surface area contributed by atoms with Crippen molar-refractivity contribution in [2.75, 3.05) is 0 Å². The van der Waals surface area contributed by atoms with Gasteiger partial charge in [0.05, 0.1) is 0 Å². The summed E-state index contributed by atoms with van der Waals surface area (Å²) in [4.78, 5) is 10.2. The summed E-state index contributed by atoms with van der Waals surface area (Å²) in [6, 6.07) is 8.70. The Morgan fingerprint density at radius 2 is 1.93 bits per heavy atom. The number of carboxylic acids is 1. The maximum Gasteiger partial charge on any atom is 0.382 e. The lowest BCUT2D eigenvalue weighted by Crippen LogP contribution is -2.18. The standard InChI is InChI=1S/C11H10O3/c1-11(14,8-7-10(12)13)9-5-3-2-4-6-9/h2-6,14H,1H3,(H,12,13). The van der Waals surface area contributed by atoms with Gasteiger partial charge in [-0.25, -0.2) is 4.79 Å². The molecule has 72 valence electrons. The van der Waals surface area contributed by atoms with Crippen LogP contribution in [0.25, 0.3) is 0 Å². The van der Waals surface area contributed by atoms with Crippen LogP contribution in [0.3, 0.4) is 0 Å². The molecule has 0 amide bonds. The van der Waals surface area contributed by atoms with E-state index >= 15 is 0 Å². The van der Waals surface area contributed by atoms with Crippen molar-refractivity contribution in [1.82, 2.24) is 0 Å². The summed E-state index contributed by atoms with van der Waals surface area (Å²) in [6.07, 6.45) is 0. The topological polar surface area (TPSA) is 57.5 Å². The van der Waals surface area contributed by atoms with Crippen LogP contribution in [0.5, 0.6) is 0 Å². The molecule has 1 rings (SSSR count). The van der Waals surface area contributed by atoms with Gasteiger partial charge in [0.15, 0.2) is 0 Å². The van der Waals surface area contributed by atoms with Crippen LogP contribution >= 0.6 is 0 Å². The third-order valence-corrected chi connectivity index (χ3v) is 1.75. The monoisotopic (exact) mass is 190 g/mol. The molecule has 1 aromatic rings. The first-order valence-corrected chi connectivity index (χ1v) is 4.06. The molecule has 0 aliphatic heterocycles. The Morgan fingerprint density at radius 3 is 2.43 bits per heavy atom. The highest BCUT2D eigenvalue weighted by Gasteiger charge is 2.19. The number of rotatable bonds is 1. The SMILES string of the molecule is CC(O)(C#CC(=O)O)c1ccccc1. The van der Waals surface area contributed by atoms with Crippen LogP contribution in [0.15, 0.2) is 30.3 Å². The minimum atomic E-state index is -1.42. The molecule has 0 fully saturated rings. The molecular weight excluding hydrogens is 180 g/mol. The number of hydrogen-bond acceptors (Lipinski definition) is 2. The van der Waals surface area contributed by atoms with Gasteiger partial charge in [0.1, 0.15) is 5.60 Å². The van der Waals surface area contributed by atoms with E-state index in [-0.39, 0.29) is 0 Å². The third kappa shape index (κ3) is 2.61. The second kappa shape index (κ2) is 3.95. The largest absolute Gasteiger partial charge is 0.472 e. The Bertz CT molecular complexity index is 382. The lowest BCUT2D eigenvalue weighted by atomic mass is 9.97. The number of hydrogen-bond donors (Lipinski definition) is 2. The molecule has 0 spiro atoms. The van der Waals surface area contributed by atoms with Crippen molar-refractivity contribution < 1.29 is 15.0 Å².